The zero-order valence-electron chi connectivity index (χ0n) is 17.5. The van der Waals surface area contributed by atoms with Crippen LogP contribution in [0.2, 0.25) is 0 Å². The predicted molar refractivity (Wildman–Crippen MR) is 114 cm³/mol. The fourth-order valence-electron chi connectivity index (χ4n) is 2.73. The van der Waals surface area contributed by atoms with E-state index in [4.69, 9.17) is 9.47 Å². The number of methoxy groups -OCH3 is 1. The maximum absolute atomic E-state index is 5.86. The maximum atomic E-state index is 5.86. The molecule has 0 saturated heterocycles. The van der Waals surface area contributed by atoms with Gasteiger partial charge in [-0.25, -0.2) is 4.98 Å². The van der Waals surface area contributed by atoms with E-state index in [2.05, 4.69) is 45.7 Å². The summed E-state index contributed by atoms with van der Waals surface area (Å²) in [5.41, 5.74) is 3.33. The summed E-state index contributed by atoms with van der Waals surface area (Å²) in [6.45, 7) is 4.37. The van der Waals surface area contributed by atoms with Crippen molar-refractivity contribution in [3.8, 4) is 5.75 Å². The molecule has 0 amide bonds. The van der Waals surface area contributed by atoms with Gasteiger partial charge in [-0.15, -0.1) is 0 Å². The molecule has 0 saturated carbocycles. The molecule has 0 spiro atoms. The summed E-state index contributed by atoms with van der Waals surface area (Å²) in [7, 11) is 7.40. The number of aromatic nitrogens is 1. The van der Waals surface area contributed by atoms with Crippen molar-refractivity contribution in [1.82, 2.24) is 15.6 Å². The SMILES string of the molecule is CN=C(NCc1ccc(C)cc1OCCOC)NCc1cccnc1N(C)C. The Morgan fingerprint density at radius 3 is 2.54 bits per heavy atom. The number of anilines is 1. The number of ether oxygens (including phenoxy) is 2. The lowest BCUT2D eigenvalue weighted by Crippen LogP contribution is -2.36. The molecule has 152 valence electrons. The molecule has 0 aliphatic carbocycles. The van der Waals surface area contributed by atoms with Crippen LogP contribution in [-0.2, 0) is 17.8 Å². The standard InChI is InChI=1S/C21H31N5O2/c1-16-8-9-17(19(13-16)28-12-11-27-5)14-24-21(22-2)25-15-18-7-6-10-23-20(18)26(3)4/h6-10,13H,11-12,14-15H2,1-5H3,(H2,22,24,25). The Morgan fingerprint density at radius 2 is 1.86 bits per heavy atom. The Hall–Kier alpha value is -2.80. The van der Waals surface area contributed by atoms with Gasteiger partial charge in [0.25, 0.3) is 0 Å². The summed E-state index contributed by atoms with van der Waals surface area (Å²) in [6, 6.07) is 10.2. The summed E-state index contributed by atoms with van der Waals surface area (Å²) < 4.78 is 10.9. The zero-order chi connectivity index (χ0) is 20.4. The van der Waals surface area contributed by atoms with Gasteiger partial charge in [0, 0.05) is 58.7 Å². The third kappa shape index (κ3) is 6.42. The van der Waals surface area contributed by atoms with Crippen molar-refractivity contribution in [2.24, 2.45) is 4.99 Å². The van der Waals surface area contributed by atoms with Crippen LogP contribution >= 0.6 is 0 Å². The predicted octanol–water partition coefficient (Wildman–Crippen LogP) is 2.35. The van der Waals surface area contributed by atoms with Crippen LogP contribution in [0.3, 0.4) is 0 Å². The third-order valence-corrected chi connectivity index (χ3v) is 4.17. The van der Waals surface area contributed by atoms with Gasteiger partial charge in [0.2, 0.25) is 0 Å². The highest BCUT2D eigenvalue weighted by molar-refractivity contribution is 5.79. The third-order valence-electron chi connectivity index (χ3n) is 4.17. The molecule has 2 rings (SSSR count). The van der Waals surface area contributed by atoms with E-state index in [0.717, 1.165) is 34.2 Å². The second kappa shape index (κ2) is 11.1. The van der Waals surface area contributed by atoms with Gasteiger partial charge in [-0.05, 0) is 24.6 Å². The van der Waals surface area contributed by atoms with Crippen LogP contribution in [0.25, 0.3) is 0 Å². The molecule has 0 aliphatic rings. The number of rotatable bonds is 9. The number of benzene rings is 1. The molecule has 0 unspecified atom stereocenters. The molecular weight excluding hydrogens is 354 g/mol. The minimum absolute atomic E-state index is 0.522. The number of hydrogen-bond donors (Lipinski definition) is 2. The largest absolute Gasteiger partial charge is 0.491 e. The van der Waals surface area contributed by atoms with E-state index in [0.29, 0.717) is 26.3 Å². The minimum atomic E-state index is 0.522. The fourth-order valence-corrected chi connectivity index (χ4v) is 2.73. The van der Waals surface area contributed by atoms with Gasteiger partial charge in [0.1, 0.15) is 18.2 Å². The van der Waals surface area contributed by atoms with Crippen LogP contribution in [0, 0.1) is 6.92 Å². The first kappa shape index (κ1) is 21.5. The Labute approximate surface area is 167 Å². The smallest absolute Gasteiger partial charge is 0.191 e. The van der Waals surface area contributed by atoms with E-state index in [1.807, 2.05) is 31.1 Å². The molecule has 0 fully saturated rings. The van der Waals surface area contributed by atoms with Crippen LogP contribution in [0.15, 0.2) is 41.5 Å². The van der Waals surface area contributed by atoms with Crippen molar-refractivity contribution in [3.05, 3.63) is 53.2 Å². The number of aliphatic imine (C=N–C) groups is 1. The normalized spacial score (nSPS) is 11.2. The first-order valence-corrected chi connectivity index (χ1v) is 9.32. The molecule has 0 radical (unpaired) electrons. The molecule has 1 aromatic heterocycles. The molecule has 0 atom stereocenters. The molecule has 7 heteroatoms. The molecule has 28 heavy (non-hydrogen) atoms. The Balaban J connectivity index is 1.97. The summed E-state index contributed by atoms with van der Waals surface area (Å²) in [6.07, 6.45) is 1.80. The van der Waals surface area contributed by atoms with Gasteiger partial charge in [-0.3, -0.25) is 4.99 Å². The van der Waals surface area contributed by atoms with Gasteiger partial charge >= 0.3 is 0 Å². The Bertz CT molecular complexity index is 777. The lowest BCUT2D eigenvalue weighted by Gasteiger charge is -2.18. The molecule has 1 aromatic carbocycles. The molecular formula is C21H31N5O2. The highest BCUT2D eigenvalue weighted by Gasteiger charge is 2.08. The lowest BCUT2D eigenvalue weighted by molar-refractivity contribution is 0.145. The van der Waals surface area contributed by atoms with E-state index < -0.39 is 0 Å². The maximum Gasteiger partial charge on any atom is 0.191 e. The Kier molecular flexibility index (Phi) is 8.55. The molecule has 0 bridgehead atoms. The number of guanidine groups is 1. The first-order valence-electron chi connectivity index (χ1n) is 9.32. The topological polar surface area (TPSA) is 71.0 Å². The molecule has 7 nitrogen and oxygen atoms in total. The van der Waals surface area contributed by atoms with Crippen LogP contribution in [0.4, 0.5) is 5.82 Å². The van der Waals surface area contributed by atoms with Gasteiger partial charge in [0.15, 0.2) is 5.96 Å². The summed E-state index contributed by atoms with van der Waals surface area (Å²) in [4.78, 5) is 10.7. The Morgan fingerprint density at radius 1 is 1.11 bits per heavy atom. The highest BCUT2D eigenvalue weighted by atomic mass is 16.5. The van der Waals surface area contributed by atoms with Gasteiger partial charge in [-0.2, -0.15) is 0 Å². The number of nitrogens with one attached hydrogen (secondary N) is 2. The molecule has 2 aromatic rings. The molecule has 1 heterocycles. The average Bonchev–Trinajstić information content (AvgIpc) is 2.69. The summed E-state index contributed by atoms with van der Waals surface area (Å²) in [5.74, 6) is 2.52. The zero-order valence-corrected chi connectivity index (χ0v) is 17.5. The fraction of sp³-hybridized carbons (Fsp3) is 0.429. The number of nitrogens with zero attached hydrogens (tertiary/aromatic N) is 3. The van der Waals surface area contributed by atoms with Crippen LogP contribution in [0.5, 0.6) is 5.75 Å². The minimum Gasteiger partial charge on any atom is -0.491 e. The average molecular weight is 386 g/mol. The van der Waals surface area contributed by atoms with Crippen molar-refractivity contribution in [3.63, 3.8) is 0 Å². The lowest BCUT2D eigenvalue weighted by atomic mass is 10.1. The van der Waals surface area contributed by atoms with Crippen molar-refractivity contribution in [1.29, 1.82) is 0 Å². The quantitative estimate of drug-likeness (QED) is 0.392. The second-order valence-corrected chi connectivity index (χ2v) is 6.61. The van der Waals surface area contributed by atoms with Crippen molar-refractivity contribution in [2.75, 3.05) is 46.4 Å². The monoisotopic (exact) mass is 385 g/mol. The molecule has 0 aliphatic heterocycles. The van der Waals surface area contributed by atoms with Gasteiger partial charge < -0.3 is 25.0 Å². The highest BCUT2D eigenvalue weighted by Crippen LogP contribution is 2.20. The van der Waals surface area contributed by atoms with E-state index in [1.165, 1.54) is 0 Å². The second-order valence-electron chi connectivity index (χ2n) is 6.61. The van der Waals surface area contributed by atoms with Crippen molar-refractivity contribution in [2.45, 2.75) is 20.0 Å². The van der Waals surface area contributed by atoms with Crippen LogP contribution in [0.1, 0.15) is 16.7 Å². The molecule has 2 N–H and O–H groups in total. The van der Waals surface area contributed by atoms with Crippen molar-refractivity contribution < 1.29 is 9.47 Å². The van der Waals surface area contributed by atoms with Crippen LogP contribution < -0.4 is 20.3 Å². The number of hydrogen-bond acceptors (Lipinski definition) is 5. The first-order chi connectivity index (χ1) is 13.5. The summed E-state index contributed by atoms with van der Waals surface area (Å²) in [5, 5.41) is 6.69. The number of aryl methyl sites for hydroxylation is 1. The summed E-state index contributed by atoms with van der Waals surface area (Å²) >= 11 is 0. The van der Waals surface area contributed by atoms with Crippen molar-refractivity contribution >= 4 is 11.8 Å². The van der Waals surface area contributed by atoms with E-state index in [-0.39, 0.29) is 0 Å². The van der Waals surface area contributed by atoms with Crippen LogP contribution in [-0.4, -0.2) is 52.4 Å². The van der Waals surface area contributed by atoms with Gasteiger partial charge in [-0.1, -0.05) is 18.2 Å². The van der Waals surface area contributed by atoms with E-state index in [9.17, 15) is 0 Å². The van der Waals surface area contributed by atoms with Gasteiger partial charge in [0.05, 0.1) is 6.61 Å². The van der Waals surface area contributed by atoms with E-state index in [1.54, 1.807) is 20.4 Å². The number of pyridine rings is 1. The van der Waals surface area contributed by atoms with E-state index >= 15 is 0 Å².